The number of esters is 1. The molecule has 5 heteroatoms. The fourth-order valence-electron chi connectivity index (χ4n) is 0.742. The Bertz CT molecular complexity index is 339. The zero-order valence-corrected chi connectivity index (χ0v) is 8.47. The van der Waals surface area contributed by atoms with Gasteiger partial charge in [-0.2, -0.15) is 0 Å². The molecule has 0 aliphatic carbocycles. The third-order valence-corrected chi connectivity index (χ3v) is 2.64. The highest BCUT2D eigenvalue weighted by molar-refractivity contribution is 7.73. The standard InChI is InChI=1S/C7H9NO2S2/c1-4-6(3-10-5(2)9)12-7(11)8-4/h3H2,1-2H3,(H,8,11). The molecule has 1 rings (SSSR count). The Hall–Kier alpha value is -0.680. The molecule has 0 amide bonds. The minimum absolute atomic E-state index is 0.270. The number of carbonyl (C=O) groups is 1. The van der Waals surface area contributed by atoms with E-state index in [0.29, 0.717) is 6.61 Å². The molecule has 1 aromatic rings. The lowest BCUT2D eigenvalue weighted by atomic mass is 10.4. The van der Waals surface area contributed by atoms with Gasteiger partial charge in [-0.05, 0) is 19.1 Å². The van der Waals surface area contributed by atoms with Crippen molar-refractivity contribution >= 4 is 29.5 Å². The second kappa shape index (κ2) is 3.82. The number of nitrogens with one attached hydrogen (secondary N) is 1. The van der Waals surface area contributed by atoms with Crippen molar-refractivity contribution in [1.29, 1.82) is 0 Å². The summed E-state index contributed by atoms with van der Waals surface area (Å²) >= 11 is 6.36. The van der Waals surface area contributed by atoms with Gasteiger partial charge in [0.1, 0.15) is 6.61 Å². The van der Waals surface area contributed by atoms with Crippen LogP contribution in [0.1, 0.15) is 17.5 Å². The van der Waals surface area contributed by atoms with Crippen LogP contribution in [0.15, 0.2) is 0 Å². The molecule has 0 radical (unpaired) electrons. The zero-order chi connectivity index (χ0) is 9.14. The summed E-state index contributed by atoms with van der Waals surface area (Å²) in [7, 11) is 0. The number of aromatic nitrogens is 1. The number of thiazole rings is 1. The number of ether oxygens (including phenoxy) is 1. The van der Waals surface area contributed by atoms with Crippen molar-refractivity contribution in [1.82, 2.24) is 4.98 Å². The molecule has 0 aliphatic rings. The van der Waals surface area contributed by atoms with Crippen molar-refractivity contribution in [3.63, 3.8) is 0 Å². The Morgan fingerprint density at radius 2 is 2.42 bits per heavy atom. The van der Waals surface area contributed by atoms with E-state index in [2.05, 4.69) is 4.98 Å². The third kappa shape index (κ3) is 2.42. The zero-order valence-electron chi connectivity index (χ0n) is 6.84. The van der Waals surface area contributed by atoms with Gasteiger partial charge in [-0.15, -0.1) is 11.3 Å². The third-order valence-electron chi connectivity index (χ3n) is 1.33. The summed E-state index contributed by atoms with van der Waals surface area (Å²) in [5.41, 5.74) is 0.978. The van der Waals surface area contributed by atoms with E-state index in [1.165, 1.54) is 18.3 Å². The van der Waals surface area contributed by atoms with Crippen LogP contribution in [0, 0.1) is 10.9 Å². The summed E-state index contributed by atoms with van der Waals surface area (Å²) in [4.78, 5) is 14.4. The SMILES string of the molecule is CC(=O)OCc1sc(=S)[nH]c1C. The molecule has 0 aromatic carbocycles. The van der Waals surface area contributed by atoms with Crippen molar-refractivity contribution in [3.8, 4) is 0 Å². The summed E-state index contributed by atoms with van der Waals surface area (Å²) in [6.07, 6.45) is 0. The van der Waals surface area contributed by atoms with E-state index in [4.69, 9.17) is 17.0 Å². The number of H-pyrrole nitrogens is 1. The first kappa shape index (κ1) is 9.41. The van der Waals surface area contributed by atoms with Crippen LogP contribution in [-0.4, -0.2) is 11.0 Å². The molecule has 0 atom stereocenters. The highest BCUT2D eigenvalue weighted by Gasteiger charge is 2.02. The average molecular weight is 203 g/mol. The average Bonchev–Trinajstić information content (AvgIpc) is 2.26. The Balaban J connectivity index is 2.69. The van der Waals surface area contributed by atoms with Crippen LogP contribution in [0.25, 0.3) is 0 Å². The smallest absolute Gasteiger partial charge is 0.302 e. The molecular formula is C7H9NO2S2. The van der Waals surface area contributed by atoms with Crippen molar-refractivity contribution < 1.29 is 9.53 Å². The fraction of sp³-hybridized carbons (Fsp3) is 0.429. The van der Waals surface area contributed by atoms with Crippen molar-refractivity contribution in [2.24, 2.45) is 0 Å². The highest BCUT2D eigenvalue weighted by Crippen LogP contribution is 2.15. The topological polar surface area (TPSA) is 42.1 Å². The maximum Gasteiger partial charge on any atom is 0.302 e. The molecule has 0 unspecified atom stereocenters. The Kier molecular flexibility index (Phi) is 2.99. The van der Waals surface area contributed by atoms with E-state index in [1.54, 1.807) is 0 Å². The summed E-state index contributed by atoms with van der Waals surface area (Å²) < 4.78 is 5.54. The Morgan fingerprint density at radius 1 is 1.75 bits per heavy atom. The van der Waals surface area contributed by atoms with Crippen LogP contribution >= 0.6 is 23.6 Å². The van der Waals surface area contributed by atoms with Crippen LogP contribution in [0.5, 0.6) is 0 Å². The molecule has 0 saturated heterocycles. The highest BCUT2D eigenvalue weighted by atomic mass is 32.1. The lowest BCUT2D eigenvalue weighted by Gasteiger charge is -1.98. The molecule has 0 aliphatic heterocycles. The molecule has 0 fully saturated rings. The van der Waals surface area contributed by atoms with Crippen molar-refractivity contribution in [2.45, 2.75) is 20.5 Å². The van der Waals surface area contributed by atoms with E-state index in [0.717, 1.165) is 14.5 Å². The number of hydrogen-bond donors (Lipinski definition) is 1. The Morgan fingerprint density at radius 3 is 2.83 bits per heavy atom. The number of rotatable bonds is 2. The molecular weight excluding hydrogens is 194 g/mol. The summed E-state index contributed by atoms with van der Waals surface area (Å²) in [5, 5.41) is 0. The van der Waals surface area contributed by atoms with Crippen LogP contribution in [0.2, 0.25) is 0 Å². The van der Waals surface area contributed by atoms with Gasteiger partial charge in [-0.3, -0.25) is 4.79 Å². The molecule has 66 valence electrons. The molecule has 1 aromatic heterocycles. The van der Waals surface area contributed by atoms with Gasteiger partial charge in [0.2, 0.25) is 0 Å². The first-order chi connectivity index (χ1) is 5.59. The summed E-state index contributed by atoms with van der Waals surface area (Å²) in [5.74, 6) is -0.270. The van der Waals surface area contributed by atoms with Gasteiger partial charge in [0.05, 0.1) is 4.88 Å². The van der Waals surface area contributed by atoms with E-state index in [9.17, 15) is 4.79 Å². The van der Waals surface area contributed by atoms with E-state index in [1.807, 2.05) is 6.92 Å². The van der Waals surface area contributed by atoms with Crippen LogP contribution < -0.4 is 0 Å². The van der Waals surface area contributed by atoms with Crippen LogP contribution in [0.3, 0.4) is 0 Å². The molecule has 0 saturated carbocycles. The van der Waals surface area contributed by atoms with Gasteiger partial charge >= 0.3 is 5.97 Å². The quantitative estimate of drug-likeness (QED) is 0.591. The van der Waals surface area contributed by atoms with Crippen molar-refractivity contribution in [2.75, 3.05) is 0 Å². The largest absolute Gasteiger partial charge is 0.460 e. The monoisotopic (exact) mass is 203 g/mol. The molecule has 0 bridgehead atoms. The summed E-state index contributed by atoms with van der Waals surface area (Å²) in [6, 6.07) is 0. The fourth-order valence-corrected chi connectivity index (χ4v) is 1.95. The minimum atomic E-state index is -0.270. The maximum absolute atomic E-state index is 10.5. The lowest BCUT2D eigenvalue weighted by Crippen LogP contribution is -1.98. The van der Waals surface area contributed by atoms with Gasteiger partial charge in [0, 0.05) is 12.6 Å². The summed E-state index contributed by atoms with van der Waals surface area (Å²) in [6.45, 7) is 3.62. The molecule has 12 heavy (non-hydrogen) atoms. The number of carbonyl (C=O) groups excluding carboxylic acids is 1. The van der Waals surface area contributed by atoms with Crippen LogP contribution in [-0.2, 0) is 16.1 Å². The normalized spacial score (nSPS) is 9.83. The molecule has 1 N–H and O–H groups in total. The van der Waals surface area contributed by atoms with Crippen molar-refractivity contribution in [3.05, 3.63) is 14.5 Å². The second-order valence-electron chi connectivity index (χ2n) is 2.34. The van der Waals surface area contributed by atoms with Gasteiger partial charge in [-0.25, -0.2) is 0 Å². The Labute approximate surface area is 79.4 Å². The first-order valence-corrected chi connectivity index (χ1v) is 4.64. The van der Waals surface area contributed by atoms with E-state index < -0.39 is 0 Å². The predicted molar refractivity (Wildman–Crippen MR) is 49.7 cm³/mol. The van der Waals surface area contributed by atoms with Gasteiger partial charge in [0.15, 0.2) is 3.95 Å². The van der Waals surface area contributed by atoms with Gasteiger partial charge < -0.3 is 9.72 Å². The molecule has 3 nitrogen and oxygen atoms in total. The predicted octanol–water partition coefficient (Wildman–Crippen LogP) is 2.18. The maximum atomic E-state index is 10.5. The minimum Gasteiger partial charge on any atom is -0.460 e. The lowest BCUT2D eigenvalue weighted by molar-refractivity contribution is -0.142. The second-order valence-corrected chi connectivity index (χ2v) is 4.11. The molecule has 0 spiro atoms. The van der Waals surface area contributed by atoms with Gasteiger partial charge in [-0.1, -0.05) is 0 Å². The number of aromatic amines is 1. The molecule has 1 heterocycles. The number of hydrogen-bond acceptors (Lipinski definition) is 4. The van der Waals surface area contributed by atoms with Gasteiger partial charge in [0.25, 0.3) is 0 Å². The van der Waals surface area contributed by atoms with E-state index >= 15 is 0 Å². The number of aryl methyl sites for hydroxylation is 1. The van der Waals surface area contributed by atoms with Crippen LogP contribution in [0.4, 0.5) is 0 Å². The van der Waals surface area contributed by atoms with E-state index in [-0.39, 0.29) is 5.97 Å². The first-order valence-electron chi connectivity index (χ1n) is 3.41.